The smallest absolute Gasteiger partial charge is 0.408 e. The van der Waals surface area contributed by atoms with Crippen LogP contribution in [0.15, 0.2) is 30.3 Å². The highest BCUT2D eigenvalue weighted by Crippen LogP contribution is 2.40. The summed E-state index contributed by atoms with van der Waals surface area (Å²) < 4.78 is 5.21. The number of unbranched alkanes of at least 4 members (excludes halogenated alkanes) is 1. The first-order chi connectivity index (χ1) is 19.2. The van der Waals surface area contributed by atoms with Crippen LogP contribution in [0.4, 0.5) is 4.79 Å². The molecule has 2 fully saturated rings. The zero-order chi connectivity index (χ0) is 29.1. The van der Waals surface area contributed by atoms with Gasteiger partial charge in [-0.25, -0.2) is 14.4 Å². The minimum Gasteiger partial charge on any atom is -0.480 e. The van der Waals surface area contributed by atoms with Gasteiger partial charge in [-0.3, -0.25) is 9.59 Å². The average Bonchev–Trinajstić information content (AvgIpc) is 3.34. The van der Waals surface area contributed by atoms with Crippen molar-refractivity contribution in [1.29, 1.82) is 0 Å². The predicted octanol–water partition coefficient (Wildman–Crippen LogP) is 2.00. The van der Waals surface area contributed by atoms with Gasteiger partial charge in [0, 0.05) is 12.5 Å². The number of benzene rings is 1. The van der Waals surface area contributed by atoms with Gasteiger partial charge in [-0.1, -0.05) is 43.2 Å². The maximum Gasteiger partial charge on any atom is 0.408 e. The van der Waals surface area contributed by atoms with Gasteiger partial charge in [0.05, 0.1) is 0 Å². The number of aliphatic carboxylic acids is 2. The molecule has 1 saturated carbocycles. The SMILES string of the molecule is NCCCC[C@H](NC(=O)OCc1ccccc1)C(=O)N[C@H](CCC(=O)N1[C@H](C(=O)O)C[C@@H]2CCCC[C@@H]21)C(=O)O. The Hall–Kier alpha value is -3.67. The van der Waals surface area contributed by atoms with Crippen LogP contribution in [0.1, 0.15) is 69.8 Å². The number of nitrogens with zero attached hydrogens (tertiary/aromatic N) is 1. The topological polar surface area (TPSA) is 188 Å². The standard InChI is InChI=1S/C28H40N4O8/c29-15-7-6-11-20(31-28(39)40-17-18-8-2-1-3-9-18)25(34)30-21(26(35)36)13-14-24(33)32-22-12-5-4-10-19(22)16-23(32)27(37)38/h1-3,8-9,19-23H,4-7,10-17,29H2,(H,30,34)(H,31,39)(H,35,36)(H,37,38)/t19-,20-,21+,22-,23-/m0/s1. The van der Waals surface area contributed by atoms with E-state index in [-0.39, 0.29) is 37.8 Å². The first-order valence-electron chi connectivity index (χ1n) is 14.0. The maximum atomic E-state index is 13.1. The van der Waals surface area contributed by atoms with Gasteiger partial charge in [-0.15, -0.1) is 0 Å². The van der Waals surface area contributed by atoms with Crippen LogP contribution in [0.3, 0.4) is 0 Å². The molecule has 2 aliphatic rings. The second kappa shape index (κ2) is 15.2. The van der Waals surface area contributed by atoms with E-state index in [9.17, 15) is 34.2 Å². The van der Waals surface area contributed by atoms with E-state index in [0.29, 0.717) is 25.8 Å². The van der Waals surface area contributed by atoms with Crippen LogP contribution in [0, 0.1) is 5.92 Å². The Bertz CT molecular complexity index is 1040. The molecule has 0 unspecified atom stereocenters. The quantitative estimate of drug-likeness (QED) is 0.212. The summed E-state index contributed by atoms with van der Waals surface area (Å²) in [5, 5.41) is 24.4. The largest absolute Gasteiger partial charge is 0.480 e. The molecule has 12 heteroatoms. The monoisotopic (exact) mass is 560 g/mol. The number of amides is 3. The summed E-state index contributed by atoms with van der Waals surface area (Å²) in [6.07, 6.45) is 3.99. The number of ether oxygens (including phenoxy) is 1. The van der Waals surface area contributed by atoms with Crippen molar-refractivity contribution in [2.45, 2.75) is 95.0 Å². The number of carboxylic acids is 2. The van der Waals surface area contributed by atoms with Gasteiger partial charge in [0.2, 0.25) is 11.8 Å². The first-order valence-corrected chi connectivity index (χ1v) is 14.0. The number of carbonyl (C=O) groups is 5. The first kappa shape index (κ1) is 30.9. The Morgan fingerprint density at radius 2 is 1.70 bits per heavy atom. The molecule has 1 aromatic rings. The third-order valence-electron chi connectivity index (χ3n) is 7.69. The maximum absolute atomic E-state index is 13.1. The molecule has 0 aromatic heterocycles. The highest BCUT2D eigenvalue weighted by atomic mass is 16.5. The molecule has 1 heterocycles. The Morgan fingerprint density at radius 1 is 0.975 bits per heavy atom. The van der Waals surface area contributed by atoms with Crippen molar-refractivity contribution in [1.82, 2.24) is 15.5 Å². The lowest BCUT2D eigenvalue weighted by Gasteiger charge is -2.33. The lowest BCUT2D eigenvalue weighted by molar-refractivity contribution is -0.150. The molecule has 40 heavy (non-hydrogen) atoms. The molecule has 220 valence electrons. The van der Waals surface area contributed by atoms with E-state index >= 15 is 0 Å². The van der Waals surface area contributed by atoms with Gasteiger partial charge >= 0.3 is 18.0 Å². The van der Waals surface area contributed by atoms with Crippen molar-refractivity contribution >= 4 is 29.8 Å². The summed E-state index contributed by atoms with van der Waals surface area (Å²) in [4.78, 5) is 63.8. The van der Waals surface area contributed by atoms with Crippen LogP contribution in [0.25, 0.3) is 0 Å². The van der Waals surface area contributed by atoms with Crippen molar-refractivity contribution < 1.29 is 38.9 Å². The number of carboxylic acid groups (broad SMARTS) is 2. The molecule has 6 N–H and O–H groups in total. The lowest BCUT2D eigenvalue weighted by atomic mass is 9.84. The van der Waals surface area contributed by atoms with Crippen LogP contribution >= 0.6 is 0 Å². The van der Waals surface area contributed by atoms with Gasteiger partial charge < -0.3 is 36.2 Å². The summed E-state index contributed by atoms with van der Waals surface area (Å²) in [6.45, 7) is 0.391. The van der Waals surface area contributed by atoms with Crippen LogP contribution in [-0.4, -0.2) is 75.7 Å². The lowest BCUT2D eigenvalue weighted by Crippen LogP contribution is -2.52. The molecule has 0 spiro atoms. The molecule has 1 aliphatic heterocycles. The number of fused-ring (bicyclic) bond motifs is 1. The van der Waals surface area contributed by atoms with Crippen molar-refractivity contribution in [3.63, 3.8) is 0 Å². The summed E-state index contributed by atoms with van der Waals surface area (Å²) in [6, 6.07) is 5.46. The molecule has 1 saturated heterocycles. The Kier molecular flexibility index (Phi) is 11.7. The van der Waals surface area contributed by atoms with Crippen molar-refractivity contribution in [2.75, 3.05) is 6.54 Å². The van der Waals surface area contributed by atoms with Crippen molar-refractivity contribution in [3.8, 4) is 0 Å². The summed E-state index contributed by atoms with van der Waals surface area (Å²) in [7, 11) is 0. The fourth-order valence-corrected chi connectivity index (χ4v) is 5.63. The Morgan fingerprint density at radius 3 is 2.38 bits per heavy atom. The minimum atomic E-state index is -1.40. The number of nitrogens with one attached hydrogen (secondary N) is 2. The zero-order valence-electron chi connectivity index (χ0n) is 22.6. The van der Waals surface area contributed by atoms with Crippen LogP contribution in [0.5, 0.6) is 0 Å². The number of likely N-dealkylation sites (tertiary alicyclic amines) is 1. The van der Waals surface area contributed by atoms with E-state index in [0.717, 1.165) is 31.2 Å². The average molecular weight is 561 g/mol. The van der Waals surface area contributed by atoms with Gasteiger partial charge in [-0.2, -0.15) is 0 Å². The second-order valence-electron chi connectivity index (χ2n) is 10.5. The molecular weight excluding hydrogens is 520 g/mol. The third kappa shape index (κ3) is 8.67. The van der Waals surface area contributed by atoms with E-state index in [1.807, 2.05) is 6.07 Å². The third-order valence-corrected chi connectivity index (χ3v) is 7.69. The highest BCUT2D eigenvalue weighted by molar-refractivity contribution is 5.90. The predicted molar refractivity (Wildman–Crippen MR) is 144 cm³/mol. The van der Waals surface area contributed by atoms with Gasteiger partial charge in [0.25, 0.3) is 0 Å². The van der Waals surface area contributed by atoms with E-state index in [1.54, 1.807) is 24.3 Å². The molecule has 1 aromatic carbocycles. The molecule has 0 radical (unpaired) electrons. The molecule has 3 amide bonds. The number of carbonyl (C=O) groups excluding carboxylic acids is 3. The Labute approximate surface area is 233 Å². The van der Waals surface area contributed by atoms with Crippen molar-refractivity contribution in [3.05, 3.63) is 35.9 Å². The second-order valence-corrected chi connectivity index (χ2v) is 10.5. The van der Waals surface area contributed by atoms with E-state index < -0.39 is 48.0 Å². The molecule has 12 nitrogen and oxygen atoms in total. The fraction of sp³-hybridized carbons (Fsp3) is 0.607. The summed E-state index contributed by atoms with van der Waals surface area (Å²) in [5.41, 5.74) is 6.31. The summed E-state index contributed by atoms with van der Waals surface area (Å²) in [5.74, 6) is -3.40. The van der Waals surface area contributed by atoms with Crippen molar-refractivity contribution in [2.24, 2.45) is 11.7 Å². The van der Waals surface area contributed by atoms with Crippen LogP contribution in [-0.2, 0) is 30.5 Å². The van der Waals surface area contributed by atoms with Gasteiger partial charge in [0.1, 0.15) is 24.7 Å². The van der Waals surface area contributed by atoms with Crippen LogP contribution in [0.2, 0.25) is 0 Å². The molecule has 3 rings (SSSR count). The number of hydrogen-bond acceptors (Lipinski definition) is 7. The van der Waals surface area contributed by atoms with E-state index in [1.165, 1.54) is 4.90 Å². The fourth-order valence-electron chi connectivity index (χ4n) is 5.63. The molecular formula is C28H40N4O8. The zero-order valence-corrected chi connectivity index (χ0v) is 22.6. The molecule has 5 atom stereocenters. The molecule has 1 aliphatic carbocycles. The van der Waals surface area contributed by atoms with Gasteiger partial charge in [0.15, 0.2) is 0 Å². The van der Waals surface area contributed by atoms with Crippen LogP contribution < -0.4 is 16.4 Å². The number of alkyl carbamates (subject to hydrolysis) is 1. The van der Waals surface area contributed by atoms with E-state index in [4.69, 9.17) is 10.5 Å². The number of rotatable bonds is 14. The van der Waals surface area contributed by atoms with Gasteiger partial charge in [-0.05, 0) is 63.0 Å². The summed E-state index contributed by atoms with van der Waals surface area (Å²) >= 11 is 0. The highest BCUT2D eigenvalue weighted by Gasteiger charge is 2.47. The normalized spacial score (nSPS) is 21.5. The molecule has 0 bridgehead atoms. The number of nitrogens with two attached hydrogens (primary N) is 1. The Balaban J connectivity index is 1.59. The number of hydrogen-bond donors (Lipinski definition) is 5. The van der Waals surface area contributed by atoms with E-state index in [2.05, 4.69) is 10.6 Å². The minimum absolute atomic E-state index is 0.000632.